The molecule has 0 heterocycles. The molecule has 6 heteroatoms. The summed E-state index contributed by atoms with van der Waals surface area (Å²) in [6.07, 6.45) is 4.73. The van der Waals surface area contributed by atoms with Gasteiger partial charge in [0.25, 0.3) is 0 Å². The maximum Gasteiger partial charge on any atom is 0.335 e. The third kappa shape index (κ3) is 5.37. The van der Waals surface area contributed by atoms with Crippen LogP contribution in [-0.2, 0) is 21.1 Å². The van der Waals surface area contributed by atoms with Crippen molar-refractivity contribution in [1.82, 2.24) is 4.90 Å². The van der Waals surface area contributed by atoms with E-state index in [0.29, 0.717) is 12.1 Å². The van der Waals surface area contributed by atoms with Crippen molar-refractivity contribution in [3.05, 3.63) is 0 Å². The van der Waals surface area contributed by atoms with Crippen LogP contribution in [0.15, 0.2) is 0 Å². The Morgan fingerprint density at radius 3 is 2.00 bits per heavy atom. The van der Waals surface area contributed by atoms with Gasteiger partial charge in [0.1, 0.15) is 0 Å². The summed E-state index contributed by atoms with van der Waals surface area (Å²) in [6, 6.07) is 0.434. The maximum absolute atomic E-state index is 11.1. The van der Waals surface area contributed by atoms with Gasteiger partial charge in [-0.2, -0.15) is 8.42 Å². The fraction of sp³-hybridized carbons (Fsp3) is 0.900. The van der Waals surface area contributed by atoms with Crippen molar-refractivity contribution in [2.45, 2.75) is 44.8 Å². The molecule has 5 nitrogen and oxygen atoms in total. The van der Waals surface area contributed by atoms with Gasteiger partial charge in [0.2, 0.25) is 5.91 Å². The molecule has 1 saturated carbocycles. The Labute approximate surface area is 99.7 Å². The molecule has 0 spiro atoms. The lowest BCUT2D eigenvalue weighted by atomic mass is 9.92. The van der Waals surface area contributed by atoms with Gasteiger partial charge in [0, 0.05) is 27.1 Å². The highest BCUT2D eigenvalue weighted by Gasteiger charge is 2.24. The predicted molar refractivity (Wildman–Crippen MR) is 60.4 cm³/mol. The first-order chi connectivity index (χ1) is 7.56. The van der Waals surface area contributed by atoms with Gasteiger partial charge < -0.3 is 9.64 Å². The summed E-state index contributed by atoms with van der Waals surface area (Å²) in [5.74, 6) is 0.167. The summed E-state index contributed by atoms with van der Waals surface area (Å²) in [4.78, 5) is 12.9. The Hall–Kier alpha value is -0.750. The largest absolute Gasteiger partial charge is 0.381 e. The summed E-state index contributed by atoms with van der Waals surface area (Å²) < 4.78 is 21.9. The fourth-order valence-electron chi connectivity index (χ4n) is 1.93. The molecule has 1 fully saturated rings. The lowest BCUT2D eigenvalue weighted by molar-refractivity contribution is -0.130. The topological polar surface area (TPSA) is 63.7 Å². The second-order valence-electron chi connectivity index (χ2n) is 3.86. The highest BCUT2D eigenvalue weighted by molar-refractivity contribution is 7.51. The van der Waals surface area contributed by atoms with Crippen molar-refractivity contribution >= 4 is 17.5 Å². The van der Waals surface area contributed by atoms with E-state index in [2.05, 4.69) is 0 Å². The Kier molecular flexibility index (Phi) is 8.01. The Bertz CT molecular complexity index is 245. The second kappa shape index (κ2) is 8.41. The standard InChI is InChI=1S/C10H19NO2.O2S/c1-8(12)11(2)9-4-6-10(13-3)7-5-9;1-3-2/h9-10H,4-7H2,1-3H3;. The number of nitrogens with zero attached hydrogens (tertiary/aromatic N) is 1. The molecule has 94 valence electrons. The number of amides is 1. The van der Waals surface area contributed by atoms with Crippen LogP contribution in [0.2, 0.25) is 0 Å². The van der Waals surface area contributed by atoms with Crippen LogP contribution >= 0.6 is 0 Å². The monoisotopic (exact) mass is 249 g/mol. The lowest BCUT2D eigenvalue weighted by Gasteiger charge is -2.33. The van der Waals surface area contributed by atoms with Crippen molar-refractivity contribution in [2.24, 2.45) is 0 Å². The van der Waals surface area contributed by atoms with Gasteiger partial charge in [-0.05, 0) is 25.7 Å². The summed E-state index contributed by atoms with van der Waals surface area (Å²) in [5, 5.41) is 0. The Balaban J connectivity index is 0.000000673. The molecular weight excluding hydrogens is 230 g/mol. The fourth-order valence-corrected chi connectivity index (χ4v) is 1.93. The van der Waals surface area contributed by atoms with Gasteiger partial charge in [-0.3, -0.25) is 4.79 Å². The minimum Gasteiger partial charge on any atom is -0.381 e. The second-order valence-corrected chi connectivity index (χ2v) is 4.00. The van der Waals surface area contributed by atoms with Crippen LogP contribution < -0.4 is 0 Å². The van der Waals surface area contributed by atoms with Gasteiger partial charge in [-0.15, -0.1) is 0 Å². The van der Waals surface area contributed by atoms with Gasteiger partial charge in [0.15, 0.2) is 0 Å². The van der Waals surface area contributed by atoms with Crippen molar-refractivity contribution in [3.8, 4) is 0 Å². The van der Waals surface area contributed by atoms with E-state index in [9.17, 15) is 4.79 Å². The van der Waals surface area contributed by atoms with E-state index in [4.69, 9.17) is 13.2 Å². The summed E-state index contributed by atoms with van der Waals surface area (Å²) in [7, 11) is 3.65. The van der Waals surface area contributed by atoms with Crippen LogP contribution in [0.4, 0.5) is 0 Å². The number of hydrogen-bond acceptors (Lipinski definition) is 4. The van der Waals surface area contributed by atoms with Crippen LogP contribution in [-0.4, -0.2) is 45.5 Å². The molecule has 0 atom stereocenters. The number of methoxy groups -OCH3 is 1. The van der Waals surface area contributed by atoms with Gasteiger partial charge in [-0.25, -0.2) is 0 Å². The quantitative estimate of drug-likeness (QED) is 0.724. The third-order valence-electron chi connectivity index (χ3n) is 3.02. The highest BCUT2D eigenvalue weighted by atomic mass is 32.1. The van der Waals surface area contributed by atoms with Crippen LogP contribution in [0, 0.1) is 0 Å². The smallest absolute Gasteiger partial charge is 0.335 e. The van der Waals surface area contributed by atoms with E-state index in [1.54, 1.807) is 14.0 Å². The molecule has 0 N–H and O–H groups in total. The minimum absolute atomic E-state index is 0.167. The average molecular weight is 249 g/mol. The molecule has 1 rings (SSSR count). The molecule has 0 radical (unpaired) electrons. The summed E-state index contributed by atoms with van der Waals surface area (Å²) in [5.41, 5.74) is 0. The average Bonchev–Trinajstić information content (AvgIpc) is 2.29. The zero-order chi connectivity index (χ0) is 12.6. The van der Waals surface area contributed by atoms with Crippen molar-refractivity contribution in [3.63, 3.8) is 0 Å². The van der Waals surface area contributed by atoms with Crippen LogP contribution in [0.3, 0.4) is 0 Å². The molecular formula is C10H19NO4S. The van der Waals surface area contributed by atoms with E-state index in [-0.39, 0.29) is 5.91 Å². The zero-order valence-electron chi connectivity index (χ0n) is 9.97. The summed E-state index contributed by atoms with van der Waals surface area (Å²) >= 11 is -0.750. The van der Waals surface area contributed by atoms with Gasteiger partial charge in [-0.1, -0.05) is 0 Å². The first-order valence-electron chi connectivity index (χ1n) is 5.24. The van der Waals surface area contributed by atoms with E-state index in [0.717, 1.165) is 25.7 Å². The Morgan fingerprint density at radius 2 is 1.69 bits per heavy atom. The van der Waals surface area contributed by atoms with Crippen LogP contribution in [0.1, 0.15) is 32.6 Å². The third-order valence-corrected chi connectivity index (χ3v) is 3.02. The van der Waals surface area contributed by atoms with Crippen molar-refractivity contribution < 1.29 is 17.9 Å². The molecule has 1 amide bonds. The number of carbonyl (C=O) groups is 1. The van der Waals surface area contributed by atoms with Crippen molar-refractivity contribution in [2.75, 3.05) is 14.2 Å². The molecule has 16 heavy (non-hydrogen) atoms. The molecule has 1 aliphatic rings. The first-order valence-corrected chi connectivity index (χ1v) is 5.91. The number of carbonyl (C=O) groups excluding carboxylic acids is 1. The lowest BCUT2D eigenvalue weighted by Crippen LogP contribution is -2.39. The van der Waals surface area contributed by atoms with Gasteiger partial charge in [0.05, 0.1) is 6.10 Å². The SMILES string of the molecule is COC1CCC(N(C)C(C)=O)CC1.O=S=O. The number of hydrogen-bond donors (Lipinski definition) is 0. The molecule has 0 saturated heterocycles. The van der Waals surface area contributed by atoms with E-state index < -0.39 is 11.6 Å². The van der Waals surface area contributed by atoms with E-state index in [1.165, 1.54) is 0 Å². The van der Waals surface area contributed by atoms with Crippen molar-refractivity contribution in [1.29, 1.82) is 0 Å². The van der Waals surface area contributed by atoms with Crippen LogP contribution in [0.25, 0.3) is 0 Å². The normalized spacial score (nSPS) is 23.9. The molecule has 0 aromatic carbocycles. The first kappa shape index (κ1) is 15.2. The molecule has 0 aromatic heterocycles. The molecule has 1 aliphatic carbocycles. The predicted octanol–water partition coefficient (Wildman–Crippen LogP) is 0.752. The molecule has 0 aromatic rings. The maximum atomic E-state index is 11.1. The minimum atomic E-state index is -0.750. The highest BCUT2D eigenvalue weighted by Crippen LogP contribution is 2.23. The number of rotatable bonds is 2. The Morgan fingerprint density at radius 1 is 1.25 bits per heavy atom. The van der Waals surface area contributed by atoms with E-state index >= 15 is 0 Å². The zero-order valence-corrected chi connectivity index (χ0v) is 10.8. The van der Waals surface area contributed by atoms with Crippen LogP contribution in [0.5, 0.6) is 0 Å². The summed E-state index contributed by atoms with van der Waals surface area (Å²) in [6.45, 7) is 1.63. The van der Waals surface area contributed by atoms with E-state index in [1.807, 2.05) is 11.9 Å². The van der Waals surface area contributed by atoms with Gasteiger partial charge >= 0.3 is 11.6 Å². The molecule has 0 unspecified atom stereocenters. The molecule has 0 aliphatic heterocycles. The number of ether oxygens (including phenoxy) is 1. The molecule has 0 bridgehead atoms.